The second-order valence-electron chi connectivity index (χ2n) is 7.05. The minimum atomic E-state index is -0.897. The van der Waals surface area contributed by atoms with Gasteiger partial charge in [-0.1, -0.05) is 31.4 Å². The largest absolute Gasteiger partial charge is 0.478 e. The quantitative estimate of drug-likeness (QED) is 0.880. The highest BCUT2D eigenvalue weighted by Crippen LogP contribution is 2.18. The minimum Gasteiger partial charge on any atom is -0.478 e. The van der Waals surface area contributed by atoms with E-state index >= 15 is 0 Å². The summed E-state index contributed by atoms with van der Waals surface area (Å²) in [6.45, 7) is 3.79. The summed E-state index contributed by atoms with van der Waals surface area (Å²) < 4.78 is 0. The van der Waals surface area contributed by atoms with Crippen molar-refractivity contribution in [3.63, 3.8) is 0 Å². The summed E-state index contributed by atoms with van der Waals surface area (Å²) in [5.74, 6) is -0.897. The topological polar surface area (TPSA) is 72.9 Å². The number of aromatic carboxylic acids is 1. The maximum atomic E-state index is 12.4. The van der Waals surface area contributed by atoms with E-state index in [9.17, 15) is 9.59 Å². The molecule has 1 aliphatic heterocycles. The molecule has 6 heteroatoms. The molecule has 25 heavy (non-hydrogen) atoms. The number of benzene rings is 1. The molecule has 136 valence electrons. The van der Waals surface area contributed by atoms with Crippen LogP contribution in [0.1, 0.15) is 48.0 Å². The molecule has 6 nitrogen and oxygen atoms in total. The summed E-state index contributed by atoms with van der Waals surface area (Å²) in [6.07, 6.45) is 5.92. The monoisotopic (exact) mass is 345 g/mol. The molecule has 1 saturated carbocycles. The van der Waals surface area contributed by atoms with Crippen LogP contribution in [-0.2, 0) is 6.54 Å². The predicted molar refractivity (Wildman–Crippen MR) is 95.7 cm³/mol. The lowest BCUT2D eigenvalue weighted by Crippen LogP contribution is -2.53. The van der Waals surface area contributed by atoms with Crippen molar-refractivity contribution >= 4 is 12.0 Å². The zero-order valence-electron chi connectivity index (χ0n) is 14.6. The Bertz CT molecular complexity index is 606. The average molecular weight is 345 g/mol. The zero-order chi connectivity index (χ0) is 17.6. The number of carbonyl (C=O) groups is 2. The summed E-state index contributed by atoms with van der Waals surface area (Å²) in [4.78, 5) is 27.6. The Morgan fingerprint density at radius 1 is 1.08 bits per heavy atom. The number of nitrogens with one attached hydrogen (secondary N) is 1. The fourth-order valence-electron chi connectivity index (χ4n) is 3.68. The first kappa shape index (κ1) is 17.7. The highest BCUT2D eigenvalue weighted by molar-refractivity contribution is 5.87. The summed E-state index contributed by atoms with van der Waals surface area (Å²) >= 11 is 0. The van der Waals surface area contributed by atoms with E-state index in [1.54, 1.807) is 18.2 Å². The van der Waals surface area contributed by atoms with Crippen molar-refractivity contribution in [3.8, 4) is 0 Å². The van der Waals surface area contributed by atoms with E-state index < -0.39 is 5.97 Å². The lowest BCUT2D eigenvalue weighted by atomic mass is 9.96. The molecule has 3 rings (SSSR count). The van der Waals surface area contributed by atoms with Gasteiger partial charge < -0.3 is 15.3 Å². The normalized spacial score (nSPS) is 19.6. The van der Waals surface area contributed by atoms with Gasteiger partial charge in [0.2, 0.25) is 0 Å². The van der Waals surface area contributed by atoms with E-state index in [4.69, 9.17) is 5.11 Å². The molecule has 0 radical (unpaired) electrons. The number of nitrogens with zero attached hydrogens (tertiary/aromatic N) is 2. The highest BCUT2D eigenvalue weighted by Gasteiger charge is 2.23. The third-order valence-electron chi connectivity index (χ3n) is 5.17. The van der Waals surface area contributed by atoms with Gasteiger partial charge in [0, 0.05) is 38.8 Å². The summed E-state index contributed by atoms with van der Waals surface area (Å²) in [7, 11) is 0. The van der Waals surface area contributed by atoms with Crippen molar-refractivity contribution in [2.45, 2.75) is 44.7 Å². The van der Waals surface area contributed by atoms with Crippen molar-refractivity contribution in [2.75, 3.05) is 26.2 Å². The molecule has 1 saturated heterocycles. The van der Waals surface area contributed by atoms with Crippen LogP contribution in [0, 0.1) is 0 Å². The molecule has 2 amide bonds. The van der Waals surface area contributed by atoms with Crippen LogP contribution in [0.4, 0.5) is 4.79 Å². The fourth-order valence-corrected chi connectivity index (χ4v) is 3.68. The minimum absolute atomic E-state index is 0.0689. The Hall–Kier alpha value is -2.08. The Morgan fingerprint density at radius 2 is 1.80 bits per heavy atom. The summed E-state index contributed by atoms with van der Waals surface area (Å²) in [5.41, 5.74) is 1.32. The number of urea groups is 1. The van der Waals surface area contributed by atoms with Crippen LogP contribution in [-0.4, -0.2) is 59.1 Å². The summed E-state index contributed by atoms with van der Waals surface area (Å²) in [5, 5.41) is 12.3. The molecule has 2 fully saturated rings. The number of carboxylic acid groups (broad SMARTS) is 1. The van der Waals surface area contributed by atoms with Gasteiger partial charge in [0.1, 0.15) is 0 Å². The first-order chi connectivity index (χ1) is 12.1. The Balaban J connectivity index is 1.46. The van der Waals surface area contributed by atoms with Crippen molar-refractivity contribution in [1.29, 1.82) is 0 Å². The molecule has 0 bridgehead atoms. The fraction of sp³-hybridized carbons (Fsp3) is 0.579. The van der Waals surface area contributed by atoms with E-state index in [0.29, 0.717) is 11.6 Å². The van der Waals surface area contributed by atoms with Gasteiger partial charge in [-0.05, 0) is 30.5 Å². The third kappa shape index (κ3) is 4.95. The van der Waals surface area contributed by atoms with Crippen molar-refractivity contribution in [1.82, 2.24) is 15.1 Å². The lowest BCUT2D eigenvalue weighted by molar-refractivity contribution is 0.0696. The molecule has 0 spiro atoms. The molecule has 1 heterocycles. The van der Waals surface area contributed by atoms with Crippen LogP contribution in [0.25, 0.3) is 0 Å². The number of hydrogen-bond donors (Lipinski definition) is 2. The molecule has 0 unspecified atom stereocenters. The van der Waals surface area contributed by atoms with Crippen molar-refractivity contribution in [2.24, 2.45) is 0 Å². The molecule has 0 atom stereocenters. The van der Waals surface area contributed by atoms with Gasteiger partial charge in [-0.25, -0.2) is 9.59 Å². The van der Waals surface area contributed by atoms with Crippen LogP contribution in [0.15, 0.2) is 24.3 Å². The SMILES string of the molecule is O=C(O)c1cccc(CN2CCN(C(=O)NC3CCCCC3)CC2)c1. The van der Waals surface area contributed by atoms with E-state index in [0.717, 1.165) is 51.1 Å². The van der Waals surface area contributed by atoms with Gasteiger partial charge in [-0.3, -0.25) is 4.90 Å². The van der Waals surface area contributed by atoms with E-state index in [1.807, 2.05) is 11.0 Å². The smallest absolute Gasteiger partial charge is 0.335 e. The molecule has 0 aromatic heterocycles. The molecule has 1 aromatic rings. The number of carbonyl (C=O) groups excluding carboxylic acids is 1. The zero-order valence-corrected chi connectivity index (χ0v) is 14.6. The molecular formula is C19H27N3O3. The van der Waals surface area contributed by atoms with Crippen LogP contribution in [0.5, 0.6) is 0 Å². The average Bonchev–Trinajstić information content (AvgIpc) is 2.63. The maximum Gasteiger partial charge on any atom is 0.335 e. The van der Waals surface area contributed by atoms with Crippen LogP contribution in [0.3, 0.4) is 0 Å². The van der Waals surface area contributed by atoms with Crippen molar-refractivity contribution < 1.29 is 14.7 Å². The van der Waals surface area contributed by atoms with E-state index in [1.165, 1.54) is 19.3 Å². The van der Waals surface area contributed by atoms with E-state index in [2.05, 4.69) is 10.2 Å². The standard InChI is InChI=1S/C19H27N3O3/c23-18(24)16-6-4-5-15(13-16)14-21-9-11-22(12-10-21)19(25)20-17-7-2-1-3-8-17/h4-6,13,17H,1-3,7-12,14H2,(H,20,25)(H,23,24). The molecular weight excluding hydrogens is 318 g/mol. The molecule has 1 aliphatic carbocycles. The second-order valence-corrected chi connectivity index (χ2v) is 7.05. The van der Waals surface area contributed by atoms with Gasteiger partial charge in [0.15, 0.2) is 0 Å². The maximum absolute atomic E-state index is 12.4. The number of carboxylic acids is 1. The lowest BCUT2D eigenvalue weighted by Gasteiger charge is -2.36. The van der Waals surface area contributed by atoms with Crippen LogP contribution < -0.4 is 5.32 Å². The number of hydrogen-bond acceptors (Lipinski definition) is 3. The first-order valence-corrected chi connectivity index (χ1v) is 9.22. The Kier molecular flexibility index (Phi) is 5.91. The Labute approximate surface area is 148 Å². The number of piperazine rings is 1. The molecule has 2 aliphatic rings. The predicted octanol–water partition coefficient (Wildman–Crippen LogP) is 2.54. The van der Waals surface area contributed by atoms with Gasteiger partial charge in [0.05, 0.1) is 5.56 Å². The number of amides is 2. The second kappa shape index (κ2) is 8.34. The molecule has 1 aromatic carbocycles. The summed E-state index contributed by atoms with van der Waals surface area (Å²) in [6, 6.07) is 7.49. The van der Waals surface area contributed by atoms with Gasteiger partial charge in [-0.15, -0.1) is 0 Å². The van der Waals surface area contributed by atoms with Gasteiger partial charge in [-0.2, -0.15) is 0 Å². The van der Waals surface area contributed by atoms with Crippen molar-refractivity contribution in [3.05, 3.63) is 35.4 Å². The van der Waals surface area contributed by atoms with Gasteiger partial charge in [0.25, 0.3) is 0 Å². The first-order valence-electron chi connectivity index (χ1n) is 9.22. The molecule has 2 N–H and O–H groups in total. The third-order valence-corrected chi connectivity index (χ3v) is 5.17. The highest BCUT2D eigenvalue weighted by atomic mass is 16.4. The number of rotatable bonds is 4. The van der Waals surface area contributed by atoms with Crippen LogP contribution in [0.2, 0.25) is 0 Å². The van der Waals surface area contributed by atoms with Crippen LogP contribution >= 0.6 is 0 Å². The van der Waals surface area contributed by atoms with E-state index in [-0.39, 0.29) is 6.03 Å². The van der Waals surface area contributed by atoms with Gasteiger partial charge >= 0.3 is 12.0 Å². The Morgan fingerprint density at radius 3 is 2.48 bits per heavy atom.